The van der Waals surface area contributed by atoms with Crippen molar-refractivity contribution in [2.45, 2.75) is 44.8 Å². The van der Waals surface area contributed by atoms with Crippen LogP contribution in [0.2, 0.25) is 0 Å². The van der Waals surface area contributed by atoms with Gasteiger partial charge >= 0.3 is 31.1 Å². The predicted octanol–water partition coefficient (Wildman–Crippen LogP) is 0.938. The van der Waals surface area contributed by atoms with Gasteiger partial charge in [0.25, 0.3) is 0 Å². The van der Waals surface area contributed by atoms with E-state index in [4.69, 9.17) is 0 Å². The van der Waals surface area contributed by atoms with Crippen LogP contribution in [0.5, 0.6) is 0 Å². The molecule has 0 aromatic carbocycles. The summed E-state index contributed by atoms with van der Waals surface area (Å²) in [6, 6.07) is 0.549. The van der Waals surface area contributed by atoms with Gasteiger partial charge in [-0.25, -0.2) is 16.8 Å². The zero-order chi connectivity index (χ0) is 18.8. The maximum Gasteiger partial charge on any atom is 0.512 e. The van der Waals surface area contributed by atoms with Crippen molar-refractivity contribution in [3.63, 3.8) is 0 Å². The van der Waals surface area contributed by atoms with Crippen molar-refractivity contribution < 1.29 is 48.9 Å². The highest BCUT2D eigenvalue weighted by atomic mass is 32.3. The minimum absolute atomic E-state index is 0.389. The van der Waals surface area contributed by atoms with Crippen molar-refractivity contribution in [1.29, 1.82) is 0 Å². The second-order valence-electron chi connectivity index (χ2n) is 5.25. The van der Waals surface area contributed by atoms with E-state index in [9.17, 15) is 43.2 Å². The molecule has 22 heavy (non-hydrogen) atoms. The Balaban J connectivity index is 0. The summed E-state index contributed by atoms with van der Waals surface area (Å²) in [6.07, 6.45) is 0. The molecule has 0 radical (unpaired) electrons. The van der Waals surface area contributed by atoms with Gasteiger partial charge in [0.15, 0.2) is 0 Å². The third kappa shape index (κ3) is 7.60. The quantitative estimate of drug-likeness (QED) is 0.692. The number of nitrogens with one attached hydrogen (secondary N) is 1. The van der Waals surface area contributed by atoms with Crippen LogP contribution in [0.25, 0.3) is 0 Å². The third-order valence-corrected chi connectivity index (χ3v) is 5.28. The first-order valence-corrected chi connectivity index (χ1v) is 8.36. The first kappa shape index (κ1) is 23.7. The molecule has 0 spiro atoms. The highest BCUT2D eigenvalue weighted by molar-refractivity contribution is 8.05. The van der Waals surface area contributed by atoms with Gasteiger partial charge in [-0.3, -0.25) is 0 Å². The van der Waals surface area contributed by atoms with E-state index in [1.54, 1.807) is 0 Å². The number of hydrogen-bond acceptors (Lipinski definition) is 4. The van der Waals surface area contributed by atoms with Crippen LogP contribution < -0.4 is 9.86 Å². The second kappa shape index (κ2) is 6.88. The number of quaternary nitrogens is 1. The maximum absolute atomic E-state index is 11.5. The normalized spacial score (nSPS) is 15.8. The van der Waals surface area contributed by atoms with Gasteiger partial charge in [-0.05, 0) is 6.92 Å². The smallest absolute Gasteiger partial charge is 0.355 e. The number of alkyl halides is 6. The molecule has 4 N–H and O–H groups in total. The van der Waals surface area contributed by atoms with Gasteiger partial charge in [0.1, 0.15) is 0 Å². The van der Waals surface area contributed by atoms with Gasteiger partial charge in [0.05, 0.1) is 6.04 Å². The van der Waals surface area contributed by atoms with Gasteiger partial charge < -0.3 is 5.73 Å². The fourth-order valence-electron chi connectivity index (χ4n) is 0.239. The lowest BCUT2D eigenvalue weighted by atomic mass is 9.89. The SMILES string of the molecule is CC([NH3+])C(C)(C)C.O=S(=O)(NS(=O)(=O)C(F)(F)F)C(F)(F)F. The summed E-state index contributed by atoms with van der Waals surface area (Å²) in [5.74, 6) is 0. The lowest BCUT2D eigenvalue weighted by Crippen LogP contribution is -2.64. The highest BCUT2D eigenvalue weighted by Gasteiger charge is 2.55. The average molecular weight is 383 g/mol. The molecule has 0 rings (SSSR count). The zero-order valence-corrected chi connectivity index (χ0v) is 13.6. The van der Waals surface area contributed by atoms with Gasteiger partial charge in [-0.2, -0.15) is 26.3 Å². The molecule has 136 valence electrons. The zero-order valence-electron chi connectivity index (χ0n) is 12.0. The molecule has 0 aromatic rings. The molecule has 0 aliphatic rings. The standard InChI is InChI=1S/C6H15N.C2HF6NO4S2/c1-5(7)6(2,3)4;3-1(4,5)14(10,11)9-15(12,13)2(6,7)8/h5H,7H2,1-4H3;9H/p+1. The minimum Gasteiger partial charge on any atom is -0.355 e. The number of hydrogen-bond donors (Lipinski definition) is 2. The molecule has 0 bridgehead atoms. The monoisotopic (exact) mass is 383 g/mol. The molecule has 0 aliphatic heterocycles. The van der Waals surface area contributed by atoms with Crippen LogP contribution in [-0.2, 0) is 20.0 Å². The predicted molar refractivity (Wildman–Crippen MR) is 64.9 cm³/mol. The van der Waals surface area contributed by atoms with Gasteiger partial charge in [-0.1, -0.05) is 24.9 Å². The Labute approximate surface area is 124 Å². The van der Waals surface area contributed by atoms with E-state index in [-0.39, 0.29) is 0 Å². The number of rotatable bonds is 2. The lowest BCUT2D eigenvalue weighted by Gasteiger charge is -2.18. The molecule has 1 atom stereocenters. The van der Waals surface area contributed by atoms with Crippen LogP contribution in [0.15, 0.2) is 0 Å². The Kier molecular flexibility index (Phi) is 7.40. The lowest BCUT2D eigenvalue weighted by molar-refractivity contribution is -0.437. The highest BCUT2D eigenvalue weighted by Crippen LogP contribution is 2.27. The Morgan fingerprint density at radius 1 is 0.818 bits per heavy atom. The van der Waals surface area contributed by atoms with Crippen LogP contribution in [0, 0.1) is 5.41 Å². The van der Waals surface area contributed by atoms with Crippen LogP contribution in [0.4, 0.5) is 26.3 Å². The Morgan fingerprint density at radius 3 is 1.09 bits per heavy atom. The molecule has 14 heteroatoms. The molecular formula is C8H17F6N2O4S2+. The van der Waals surface area contributed by atoms with E-state index >= 15 is 0 Å². The van der Waals surface area contributed by atoms with E-state index in [2.05, 4.69) is 33.4 Å². The van der Waals surface area contributed by atoms with Crippen molar-refractivity contribution in [2.24, 2.45) is 5.41 Å². The van der Waals surface area contributed by atoms with Gasteiger partial charge in [0, 0.05) is 5.41 Å². The topological polar surface area (TPSA) is 108 Å². The van der Waals surface area contributed by atoms with Crippen molar-refractivity contribution in [2.75, 3.05) is 0 Å². The second-order valence-corrected chi connectivity index (χ2v) is 8.85. The Bertz CT molecular complexity index is 515. The first-order valence-electron chi connectivity index (χ1n) is 5.39. The molecule has 1 unspecified atom stereocenters. The number of halogens is 6. The summed E-state index contributed by atoms with van der Waals surface area (Å²) >= 11 is 0. The maximum atomic E-state index is 11.5. The Hall–Kier alpha value is -0.600. The number of sulfonamides is 2. The van der Waals surface area contributed by atoms with Crippen molar-refractivity contribution in [1.82, 2.24) is 4.13 Å². The molecule has 0 fully saturated rings. The summed E-state index contributed by atoms with van der Waals surface area (Å²) in [5, 5.41) is 0. The molecule has 0 heterocycles. The third-order valence-electron chi connectivity index (χ3n) is 2.31. The molecule has 0 aromatic heterocycles. The van der Waals surface area contributed by atoms with Crippen LogP contribution in [0.1, 0.15) is 27.7 Å². The van der Waals surface area contributed by atoms with E-state index in [1.807, 2.05) is 0 Å². The Morgan fingerprint density at radius 2 is 1.00 bits per heavy atom. The summed E-state index contributed by atoms with van der Waals surface area (Å²) in [7, 11) is -13.2. The van der Waals surface area contributed by atoms with E-state index in [0.717, 1.165) is 0 Å². The van der Waals surface area contributed by atoms with E-state index in [1.165, 1.54) is 0 Å². The van der Waals surface area contributed by atoms with Crippen molar-refractivity contribution in [3.05, 3.63) is 0 Å². The molecule has 0 saturated carbocycles. The first-order chi connectivity index (χ1) is 9.15. The minimum atomic E-state index is -6.60. The van der Waals surface area contributed by atoms with Crippen LogP contribution in [0.3, 0.4) is 0 Å². The largest absolute Gasteiger partial charge is 0.512 e. The van der Waals surface area contributed by atoms with E-state index < -0.39 is 35.2 Å². The molecule has 0 saturated heterocycles. The van der Waals surface area contributed by atoms with Crippen molar-refractivity contribution >= 4 is 20.0 Å². The van der Waals surface area contributed by atoms with Gasteiger partial charge in [0.2, 0.25) is 0 Å². The van der Waals surface area contributed by atoms with Gasteiger partial charge in [-0.15, -0.1) is 0 Å². The average Bonchev–Trinajstić information content (AvgIpc) is 2.10. The van der Waals surface area contributed by atoms with Crippen LogP contribution in [-0.4, -0.2) is 33.9 Å². The summed E-state index contributed by atoms with van der Waals surface area (Å²) < 4.78 is 108. The van der Waals surface area contributed by atoms with E-state index in [0.29, 0.717) is 11.5 Å². The van der Waals surface area contributed by atoms with Crippen molar-refractivity contribution in [3.8, 4) is 0 Å². The summed E-state index contributed by atoms with van der Waals surface area (Å²) in [6.45, 7) is 8.74. The summed E-state index contributed by atoms with van der Waals surface area (Å²) in [4.78, 5) is 0. The molecule has 0 aliphatic carbocycles. The molecule has 0 amide bonds. The summed E-state index contributed by atoms with van der Waals surface area (Å²) in [5.41, 5.74) is -8.00. The fourth-order valence-corrected chi connectivity index (χ4v) is 2.15. The fraction of sp³-hybridized carbons (Fsp3) is 1.00. The molecular weight excluding hydrogens is 366 g/mol. The molecule has 6 nitrogen and oxygen atoms in total. The van der Waals surface area contributed by atoms with Crippen LogP contribution >= 0.6 is 0 Å².